The van der Waals surface area contributed by atoms with Crippen molar-refractivity contribution in [3.8, 4) is 5.75 Å². The lowest BCUT2D eigenvalue weighted by Crippen LogP contribution is -2.43. The van der Waals surface area contributed by atoms with Crippen molar-refractivity contribution in [1.29, 1.82) is 0 Å². The van der Waals surface area contributed by atoms with E-state index in [1.54, 1.807) is 59.9 Å². The van der Waals surface area contributed by atoms with Crippen molar-refractivity contribution in [1.82, 2.24) is 14.6 Å². The van der Waals surface area contributed by atoms with Crippen molar-refractivity contribution >= 4 is 27.3 Å². The molecule has 1 aliphatic heterocycles. The van der Waals surface area contributed by atoms with Crippen molar-refractivity contribution in [3.05, 3.63) is 75.7 Å². The zero-order valence-corrected chi connectivity index (χ0v) is 21.0. The average Bonchev–Trinajstić information content (AvgIpc) is 3.27. The Hall–Kier alpha value is -2.75. The second kappa shape index (κ2) is 10.7. The number of rotatable bonds is 8. The Kier molecular flexibility index (Phi) is 7.65. The summed E-state index contributed by atoms with van der Waals surface area (Å²) in [7, 11) is -3.57. The molecule has 2 aromatic carbocycles. The van der Waals surface area contributed by atoms with Gasteiger partial charge in [0.2, 0.25) is 10.0 Å². The van der Waals surface area contributed by atoms with Gasteiger partial charge in [0.15, 0.2) is 0 Å². The van der Waals surface area contributed by atoms with Gasteiger partial charge in [-0.05, 0) is 69.0 Å². The predicted octanol–water partition coefficient (Wildman–Crippen LogP) is 4.17. The summed E-state index contributed by atoms with van der Waals surface area (Å²) in [5, 5.41) is 2.98. The number of amides is 1. The molecule has 2 heterocycles. The van der Waals surface area contributed by atoms with Crippen molar-refractivity contribution < 1.29 is 17.9 Å². The zero-order valence-electron chi connectivity index (χ0n) is 19.4. The molecule has 3 aromatic rings. The Labute approximate surface area is 204 Å². The van der Waals surface area contributed by atoms with Crippen LogP contribution < -0.4 is 9.46 Å². The van der Waals surface area contributed by atoms with Crippen LogP contribution in [0.5, 0.6) is 5.75 Å². The summed E-state index contributed by atoms with van der Waals surface area (Å²) in [6.07, 6.45) is 1.72. The summed E-state index contributed by atoms with van der Waals surface area (Å²) in [6, 6.07) is 13.9. The molecule has 7 nitrogen and oxygen atoms in total. The average molecular weight is 500 g/mol. The standard InChI is InChI=1S/C25H29N3O4S2/c1-18-5-11-24(12-6-18)34(30,31)26-14-20-4-3-13-28(15-20)25(29)21-7-9-23(10-8-21)32-16-22-17-33-19(2)27-22/h5-12,17,20,26H,3-4,13-16H2,1-2H3. The molecule has 1 aromatic heterocycles. The molecule has 1 fully saturated rings. The fourth-order valence-electron chi connectivity index (χ4n) is 3.95. The lowest BCUT2D eigenvalue weighted by molar-refractivity contribution is 0.0676. The highest BCUT2D eigenvalue weighted by Crippen LogP contribution is 2.21. The molecule has 9 heteroatoms. The Morgan fingerprint density at radius 2 is 1.88 bits per heavy atom. The van der Waals surface area contributed by atoms with Crippen LogP contribution in [-0.2, 0) is 16.6 Å². The molecule has 0 spiro atoms. The minimum absolute atomic E-state index is 0.0484. The minimum atomic E-state index is -3.57. The number of nitrogens with one attached hydrogen (secondary N) is 1. The number of hydrogen-bond acceptors (Lipinski definition) is 6. The largest absolute Gasteiger partial charge is 0.487 e. The first kappa shape index (κ1) is 24.4. The lowest BCUT2D eigenvalue weighted by atomic mass is 9.97. The van der Waals surface area contributed by atoms with Gasteiger partial charge in [0.25, 0.3) is 5.91 Å². The highest BCUT2D eigenvalue weighted by molar-refractivity contribution is 7.89. The number of carbonyl (C=O) groups excluding carboxylic acids is 1. The molecular formula is C25H29N3O4S2. The molecule has 0 saturated carbocycles. The summed E-state index contributed by atoms with van der Waals surface area (Å²) >= 11 is 1.59. The number of hydrogen-bond donors (Lipinski definition) is 1. The SMILES string of the molecule is Cc1ccc(S(=O)(=O)NCC2CCCN(C(=O)c3ccc(OCc4csc(C)n4)cc3)C2)cc1. The van der Waals surface area contributed by atoms with E-state index in [-0.39, 0.29) is 16.7 Å². The highest BCUT2D eigenvalue weighted by atomic mass is 32.2. The minimum Gasteiger partial charge on any atom is -0.487 e. The fraction of sp³-hybridized carbons (Fsp3) is 0.360. The van der Waals surface area contributed by atoms with E-state index < -0.39 is 10.0 Å². The van der Waals surface area contributed by atoms with Crippen LogP contribution in [0, 0.1) is 19.8 Å². The quantitative estimate of drug-likeness (QED) is 0.503. The second-order valence-corrected chi connectivity index (χ2v) is 11.4. The second-order valence-electron chi connectivity index (χ2n) is 8.60. The number of likely N-dealkylation sites (tertiary alicyclic amines) is 1. The molecule has 1 unspecified atom stereocenters. The van der Waals surface area contributed by atoms with Gasteiger partial charge in [-0.2, -0.15) is 0 Å². The van der Waals surface area contributed by atoms with Crippen molar-refractivity contribution in [3.63, 3.8) is 0 Å². The van der Waals surface area contributed by atoms with E-state index in [9.17, 15) is 13.2 Å². The summed E-state index contributed by atoms with van der Waals surface area (Å²) < 4.78 is 33.7. The van der Waals surface area contributed by atoms with E-state index in [2.05, 4.69) is 9.71 Å². The molecule has 4 rings (SSSR count). The van der Waals surface area contributed by atoms with Gasteiger partial charge in [-0.25, -0.2) is 18.1 Å². The molecule has 1 atom stereocenters. The molecule has 180 valence electrons. The number of aromatic nitrogens is 1. The third-order valence-corrected chi connectivity index (χ3v) is 8.12. The van der Waals surface area contributed by atoms with Gasteiger partial charge in [-0.1, -0.05) is 17.7 Å². The number of benzene rings is 2. The number of sulfonamides is 1. The smallest absolute Gasteiger partial charge is 0.253 e. The summed E-state index contributed by atoms with van der Waals surface area (Å²) in [5.41, 5.74) is 2.49. The maximum absolute atomic E-state index is 13.0. The van der Waals surface area contributed by atoms with Crippen molar-refractivity contribution in [2.24, 2.45) is 5.92 Å². The Morgan fingerprint density at radius 3 is 2.56 bits per heavy atom. The number of nitrogens with zero attached hydrogens (tertiary/aromatic N) is 2. The maximum Gasteiger partial charge on any atom is 0.253 e. The van der Waals surface area contributed by atoms with Gasteiger partial charge in [-0.15, -0.1) is 11.3 Å². The molecule has 1 saturated heterocycles. The van der Waals surface area contributed by atoms with Crippen molar-refractivity contribution in [2.75, 3.05) is 19.6 Å². The fourth-order valence-corrected chi connectivity index (χ4v) is 5.67. The summed E-state index contributed by atoms with van der Waals surface area (Å²) in [6.45, 7) is 5.77. The molecule has 0 radical (unpaired) electrons. The van der Waals surface area contributed by atoms with Crippen LogP contribution in [-0.4, -0.2) is 43.8 Å². The van der Waals surface area contributed by atoms with E-state index in [0.717, 1.165) is 29.1 Å². The van der Waals surface area contributed by atoms with E-state index in [0.29, 0.717) is 37.6 Å². The van der Waals surface area contributed by atoms with Crippen molar-refractivity contribution in [2.45, 2.75) is 38.2 Å². The number of aryl methyl sites for hydroxylation is 2. The first-order valence-corrected chi connectivity index (χ1v) is 13.7. The Bertz CT molecular complexity index is 1220. The molecule has 34 heavy (non-hydrogen) atoms. The van der Waals surface area contributed by atoms with Crippen LogP contribution in [0.25, 0.3) is 0 Å². The van der Waals surface area contributed by atoms with Crippen LogP contribution in [0.4, 0.5) is 0 Å². The summed E-state index contributed by atoms with van der Waals surface area (Å²) in [5.74, 6) is 0.708. The van der Waals surface area contributed by atoms with Crippen LogP contribution in [0.1, 0.15) is 39.5 Å². The molecule has 1 aliphatic rings. The topological polar surface area (TPSA) is 88.6 Å². The molecule has 1 amide bonds. The molecule has 1 N–H and O–H groups in total. The van der Waals surface area contributed by atoms with Gasteiger partial charge >= 0.3 is 0 Å². The number of ether oxygens (including phenoxy) is 1. The zero-order chi connectivity index (χ0) is 24.1. The monoisotopic (exact) mass is 499 g/mol. The van der Waals surface area contributed by atoms with Crippen LogP contribution in [0.3, 0.4) is 0 Å². The van der Waals surface area contributed by atoms with Crippen LogP contribution in [0.2, 0.25) is 0 Å². The van der Waals surface area contributed by atoms with E-state index >= 15 is 0 Å². The maximum atomic E-state index is 13.0. The molecule has 0 bridgehead atoms. The number of piperidine rings is 1. The predicted molar refractivity (Wildman–Crippen MR) is 133 cm³/mol. The first-order valence-electron chi connectivity index (χ1n) is 11.3. The van der Waals surface area contributed by atoms with Gasteiger partial charge in [-0.3, -0.25) is 4.79 Å². The molecular weight excluding hydrogens is 470 g/mol. The van der Waals surface area contributed by atoms with Gasteiger partial charge < -0.3 is 9.64 Å². The number of thiazole rings is 1. The van der Waals surface area contributed by atoms with E-state index in [1.807, 2.05) is 24.1 Å². The first-order chi connectivity index (χ1) is 16.3. The summed E-state index contributed by atoms with van der Waals surface area (Å²) in [4.78, 5) is 19.5. The molecule has 0 aliphatic carbocycles. The highest BCUT2D eigenvalue weighted by Gasteiger charge is 2.26. The lowest BCUT2D eigenvalue weighted by Gasteiger charge is -2.33. The van der Waals surface area contributed by atoms with Crippen LogP contribution >= 0.6 is 11.3 Å². The van der Waals surface area contributed by atoms with Gasteiger partial charge in [0, 0.05) is 30.6 Å². The van der Waals surface area contributed by atoms with E-state index in [1.165, 1.54) is 0 Å². The Morgan fingerprint density at radius 1 is 1.15 bits per heavy atom. The third-order valence-electron chi connectivity index (χ3n) is 5.85. The van der Waals surface area contributed by atoms with Gasteiger partial charge in [0.05, 0.1) is 15.6 Å². The normalized spacial score (nSPS) is 16.4. The number of carbonyl (C=O) groups is 1. The van der Waals surface area contributed by atoms with Crippen LogP contribution in [0.15, 0.2) is 58.8 Å². The Balaban J connectivity index is 1.30. The third kappa shape index (κ3) is 6.22. The van der Waals surface area contributed by atoms with E-state index in [4.69, 9.17) is 4.74 Å². The van der Waals surface area contributed by atoms with Gasteiger partial charge in [0.1, 0.15) is 12.4 Å².